The second-order valence-electron chi connectivity index (χ2n) is 14.8. The van der Waals surface area contributed by atoms with Crippen LogP contribution >= 0.6 is 0 Å². The Labute approximate surface area is 327 Å². The number of anilines is 2. The molecule has 0 aliphatic rings. The zero-order valence-corrected chi connectivity index (χ0v) is 33.5. The van der Waals surface area contributed by atoms with Crippen LogP contribution in [0, 0.1) is 21.4 Å². The van der Waals surface area contributed by atoms with Gasteiger partial charge < -0.3 is 10.6 Å². The fourth-order valence-corrected chi connectivity index (χ4v) is 8.34. The van der Waals surface area contributed by atoms with Gasteiger partial charge in [-0.1, -0.05) is 30.3 Å². The van der Waals surface area contributed by atoms with E-state index in [1.165, 1.54) is 0 Å². The summed E-state index contributed by atoms with van der Waals surface area (Å²) in [6.45, 7) is 9.47. The monoisotopic (exact) mass is 818 g/mol. The van der Waals surface area contributed by atoms with Crippen LogP contribution in [-0.4, -0.2) is 71.3 Å². The molecule has 0 bridgehead atoms. The zero-order valence-electron chi connectivity index (χ0n) is 31.6. The Bertz CT molecular complexity index is 1840. The van der Waals surface area contributed by atoms with E-state index < -0.39 is 61.2 Å². The van der Waals surface area contributed by atoms with Crippen molar-refractivity contribution in [1.82, 2.24) is 10.6 Å². The van der Waals surface area contributed by atoms with Gasteiger partial charge in [-0.15, -0.1) is 0 Å². The minimum atomic E-state index is -1.38. The Kier molecular flexibility index (Phi) is 16.6. The first-order valence-corrected chi connectivity index (χ1v) is 19.8. The maximum absolute atomic E-state index is 13.5. The first kappa shape index (κ1) is 43.9. The molecule has 0 spiro atoms. The van der Waals surface area contributed by atoms with Crippen molar-refractivity contribution in [3.63, 3.8) is 0 Å². The van der Waals surface area contributed by atoms with Crippen LogP contribution < -0.4 is 21.3 Å². The van der Waals surface area contributed by atoms with E-state index in [-0.39, 0.29) is 53.8 Å². The number of para-hydroxylation sites is 1. The molecule has 0 aliphatic heterocycles. The van der Waals surface area contributed by atoms with Crippen molar-refractivity contribution >= 4 is 55.5 Å². The predicted molar refractivity (Wildman–Crippen MR) is 210 cm³/mol. The average molecular weight is 819 g/mol. The number of carbonyl (C=O) groups excluding carboxylic acids is 3. The van der Waals surface area contributed by atoms with Crippen molar-refractivity contribution in [2.45, 2.75) is 83.5 Å². The third-order valence-corrected chi connectivity index (χ3v) is 10.5. The molecule has 3 rings (SSSR count). The Balaban J connectivity index is 1.68. The summed E-state index contributed by atoms with van der Waals surface area (Å²) in [5, 5.41) is 42.5. The van der Waals surface area contributed by atoms with Crippen molar-refractivity contribution in [3.8, 4) is 0 Å². The Hall–Kier alpha value is -5.49. The molecule has 14 nitrogen and oxygen atoms in total. The molecule has 2 amide bonds. The van der Waals surface area contributed by atoms with Gasteiger partial charge in [-0.2, -0.15) is 0 Å². The third kappa shape index (κ3) is 16.2. The van der Waals surface area contributed by atoms with Crippen LogP contribution in [0.4, 0.5) is 11.4 Å². The van der Waals surface area contributed by atoms with Crippen LogP contribution in [0.3, 0.4) is 0 Å². The summed E-state index contributed by atoms with van der Waals surface area (Å²) in [6, 6.07) is 19.9. The molecule has 3 aromatic carbocycles. The van der Waals surface area contributed by atoms with Gasteiger partial charge in [0.05, 0.1) is 4.92 Å². The number of carbonyl (C=O) groups is 5. The van der Waals surface area contributed by atoms with Gasteiger partial charge in [-0.25, -0.2) is 0 Å². The van der Waals surface area contributed by atoms with Gasteiger partial charge in [-0.05, 0) is 29.8 Å². The van der Waals surface area contributed by atoms with Crippen LogP contribution in [-0.2, 0) is 43.2 Å². The molecule has 293 valence electrons. The summed E-state index contributed by atoms with van der Waals surface area (Å²) >= 11 is -1.18. The quantitative estimate of drug-likeness (QED) is 0.0463. The second kappa shape index (κ2) is 20.8. The van der Waals surface area contributed by atoms with Crippen LogP contribution in [0.15, 0.2) is 90.9 Å². The van der Waals surface area contributed by atoms with Gasteiger partial charge in [0, 0.05) is 11.4 Å². The number of rotatable bonds is 21. The molecule has 55 heavy (non-hydrogen) atoms. The molecule has 3 aromatic rings. The number of benzene rings is 3. The number of nitrogens with zero attached hydrogens (tertiary/aromatic N) is 1. The summed E-state index contributed by atoms with van der Waals surface area (Å²) in [4.78, 5) is 74.6. The van der Waals surface area contributed by atoms with Gasteiger partial charge in [0.1, 0.15) is 0 Å². The number of amides is 2. The standard InChI is InChI=1S/C40H49AsN5O9/c1-25(2)19-32(44-36(48)20-26-15-17-30(18-16-26)43-35(24-46(54)55)42-29-13-7-6-8-14-29)37(49)45-33(39(52)53)22-28-12-10-9-11-27(28)21-31(38(50)51)41-34(47)23-40(3,4)5/h6-18,24-25,31-33,42-43H,19-23H2,1-5H3,(H,44,48)(H,45,49)(H,50,51)(H,52,53). The fourth-order valence-electron chi connectivity index (χ4n) is 5.59. The number of hydrogen-bond acceptors (Lipinski definition) is 9. The molecule has 6 N–H and O–H groups in total. The Morgan fingerprint density at radius 3 is 1.87 bits per heavy atom. The van der Waals surface area contributed by atoms with Gasteiger partial charge >= 0.3 is 219 Å². The summed E-state index contributed by atoms with van der Waals surface area (Å²) in [7, 11) is 0. The Morgan fingerprint density at radius 2 is 1.35 bits per heavy atom. The number of nitro groups is 1. The molecule has 0 aliphatic carbocycles. The van der Waals surface area contributed by atoms with Crippen LogP contribution in [0.25, 0.3) is 0 Å². The van der Waals surface area contributed by atoms with Crippen LogP contribution in [0.2, 0.25) is 4.71 Å². The normalized spacial score (nSPS) is 13.5. The first-order chi connectivity index (χ1) is 25.9. The summed E-state index contributed by atoms with van der Waals surface area (Å²) in [6.07, 6.45) is 1.11. The molecule has 3 atom stereocenters. The van der Waals surface area contributed by atoms with E-state index in [0.29, 0.717) is 28.1 Å². The van der Waals surface area contributed by atoms with Crippen molar-refractivity contribution in [2.75, 3.05) is 10.6 Å². The van der Waals surface area contributed by atoms with Crippen molar-refractivity contribution in [2.24, 2.45) is 11.3 Å². The van der Waals surface area contributed by atoms with Crippen molar-refractivity contribution < 1.29 is 39.1 Å². The molecule has 0 saturated carbocycles. The fraction of sp³-hybridized carbons (Fsp3) is 0.375. The number of hydrogen-bond donors (Lipinski definition) is 6. The summed E-state index contributed by atoms with van der Waals surface area (Å²) in [5.41, 5.74) is 2.61. The molecule has 0 heterocycles. The first-order valence-electron chi connectivity index (χ1n) is 17.8. The van der Waals surface area contributed by atoms with Crippen LogP contribution in [0.1, 0.15) is 64.2 Å². The van der Waals surface area contributed by atoms with Crippen LogP contribution in [0.5, 0.6) is 0 Å². The van der Waals surface area contributed by atoms with E-state index in [2.05, 4.69) is 21.3 Å². The van der Waals surface area contributed by atoms with Gasteiger partial charge in [-0.3, -0.25) is 10.1 Å². The van der Waals surface area contributed by atoms with E-state index in [9.17, 15) is 44.3 Å². The molecule has 0 saturated heterocycles. The SMILES string of the molecule is CC(C)CC(NC(=O)Cc1ccc(NC(=C[N+](=O)[O-])Nc2ccccc2)cc1)C(=O)NC(Cc1ccccc1CC([As]C(=O)CC(C)(C)C)C(=O)O)C(=O)O. The van der Waals surface area contributed by atoms with E-state index in [0.717, 1.165) is 6.20 Å². The molecule has 15 heteroatoms. The molecule has 0 aromatic heterocycles. The molecule has 1 radical (unpaired) electrons. The van der Waals surface area contributed by atoms with Gasteiger partial charge in [0.15, 0.2) is 5.82 Å². The minimum absolute atomic E-state index is 0.0342. The second-order valence-corrected chi connectivity index (χ2v) is 17.7. The molecular formula is C40H49AsN5O9. The van der Waals surface area contributed by atoms with E-state index >= 15 is 0 Å². The van der Waals surface area contributed by atoms with Gasteiger partial charge in [0.2, 0.25) is 0 Å². The number of nitrogens with one attached hydrogen (secondary N) is 4. The summed E-state index contributed by atoms with van der Waals surface area (Å²) < 4.78 is -0.993. The number of aliphatic carboxylic acids is 2. The number of carboxylic acid groups (broad SMARTS) is 2. The predicted octanol–water partition coefficient (Wildman–Crippen LogP) is 5.25. The molecular weight excluding hydrogens is 769 g/mol. The van der Waals surface area contributed by atoms with Crippen molar-refractivity contribution in [3.05, 3.63) is 118 Å². The maximum atomic E-state index is 13.5. The van der Waals surface area contributed by atoms with Crippen molar-refractivity contribution in [1.29, 1.82) is 0 Å². The Morgan fingerprint density at radius 1 is 0.782 bits per heavy atom. The average Bonchev–Trinajstić information content (AvgIpc) is 3.08. The zero-order chi connectivity index (χ0) is 40.7. The molecule has 0 fully saturated rings. The molecule has 3 unspecified atom stereocenters. The van der Waals surface area contributed by atoms with Gasteiger partial charge in [0.25, 0.3) is 6.20 Å². The van der Waals surface area contributed by atoms with E-state index in [1.54, 1.807) is 72.8 Å². The van der Waals surface area contributed by atoms with E-state index in [4.69, 9.17) is 0 Å². The van der Waals surface area contributed by atoms with E-state index in [1.807, 2.05) is 40.7 Å². The summed E-state index contributed by atoms with van der Waals surface area (Å²) in [5.74, 6) is -3.45. The third-order valence-electron chi connectivity index (χ3n) is 8.08. The topological polar surface area (TPSA) is 217 Å². The number of carboxylic acids is 2.